The zero-order valence-electron chi connectivity index (χ0n) is 8.45. The van der Waals surface area contributed by atoms with Gasteiger partial charge in [-0.25, -0.2) is 4.39 Å². The van der Waals surface area contributed by atoms with Crippen LogP contribution in [0.25, 0.3) is 0 Å². The Morgan fingerprint density at radius 2 is 2.20 bits per heavy atom. The van der Waals surface area contributed by atoms with Crippen LogP contribution >= 0.6 is 0 Å². The van der Waals surface area contributed by atoms with Crippen molar-refractivity contribution in [2.75, 3.05) is 7.11 Å². The van der Waals surface area contributed by atoms with Gasteiger partial charge in [-0.15, -0.1) is 0 Å². The quantitative estimate of drug-likeness (QED) is 0.603. The number of carbonyl (C=O) groups is 1. The second kappa shape index (κ2) is 4.54. The Labute approximate surface area is 86.5 Å². The lowest BCUT2D eigenvalue weighted by Gasteiger charge is -2.03. The maximum Gasteiger partial charge on any atom is 0.251 e. The minimum atomic E-state index is -0.806. The molecule has 1 amide bonds. The van der Waals surface area contributed by atoms with E-state index in [1.165, 1.54) is 25.3 Å². The van der Waals surface area contributed by atoms with Crippen molar-refractivity contribution in [3.8, 4) is 0 Å². The number of oxime groups is 1. The first-order valence-electron chi connectivity index (χ1n) is 4.23. The molecule has 0 spiro atoms. The van der Waals surface area contributed by atoms with Crippen LogP contribution in [0.3, 0.4) is 0 Å². The SMILES string of the molecule is CO/N=C(\C)c1ccc(F)c(C(N)=O)c1. The van der Waals surface area contributed by atoms with Gasteiger partial charge in [0, 0.05) is 0 Å². The van der Waals surface area contributed by atoms with Gasteiger partial charge in [0.2, 0.25) is 0 Å². The van der Waals surface area contributed by atoms with E-state index in [9.17, 15) is 9.18 Å². The Morgan fingerprint density at radius 1 is 1.53 bits per heavy atom. The van der Waals surface area contributed by atoms with E-state index in [0.29, 0.717) is 11.3 Å². The highest BCUT2D eigenvalue weighted by molar-refractivity contribution is 6.01. The Balaban J connectivity index is 3.19. The standard InChI is InChI=1S/C10H11FN2O2/c1-6(13-15-2)7-3-4-9(11)8(5-7)10(12)14/h3-5H,1-2H3,(H2,12,14)/b13-6+. The number of hydrogen-bond acceptors (Lipinski definition) is 3. The van der Waals surface area contributed by atoms with E-state index in [2.05, 4.69) is 9.99 Å². The smallest absolute Gasteiger partial charge is 0.251 e. The second-order valence-electron chi connectivity index (χ2n) is 2.92. The normalized spacial score (nSPS) is 11.3. The molecule has 0 aliphatic rings. The Bertz CT molecular complexity index is 416. The van der Waals surface area contributed by atoms with Gasteiger partial charge in [-0.2, -0.15) is 0 Å². The lowest BCUT2D eigenvalue weighted by Crippen LogP contribution is -2.14. The summed E-state index contributed by atoms with van der Waals surface area (Å²) < 4.78 is 13.1. The number of nitrogens with two attached hydrogens (primary N) is 1. The lowest BCUT2D eigenvalue weighted by atomic mass is 10.1. The Kier molecular flexibility index (Phi) is 3.38. The molecule has 5 heteroatoms. The van der Waals surface area contributed by atoms with Crippen molar-refractivity contribution >= 4 is 11.6 Å². The van der Waals surface area contributed by atoms with Gasteiger partial charge < -0.3 is 10.6 Å². The fourth-order valence-corrected chi connectivity index (χ4v) is 1.13. The summed E-state index contributed by atoms with van der Waals surface area (Å²) in [6.07, 6.45) is 0. The number of hydrogen-bond donors (Lipinski definition) is 1. The molecule has 0 heterocycles. The van der Waals surface area contributed by atoms with Crippen molar-refractivity contribution in [2.24, 2.45) is 10.9 Å². The van der Waals surface area contributed by atoms with E-state index >= 15 is 0 Å². The number of primary amides is 1. The number of rotatable bonds is 3. The van der Waals surface area contributed by atoms with Gasteiger partial charge in [0.05, 0.1) is 11.3 Å². The average Bonchev–Trinajstić information content (AvgIpc) is 2.18. The Hall–Kier alpha value is -1.91. The molecule has 0 radical (unpaired) electrons. The van der Waals surface area contributed by atoms with Crippen LogP contribution in [-0.4, -0.2) is 18.7 Å². The number of nitrogens with zero attached hydrogens (tertiary/aromatic N) is 1. The van der Waals surface area contributed by atoms with Crippen LogP contribution in [0.5, 0.6) is 0 Å². The van der Waals surface area contributed by atoms with Crippen molar-refractivity contribution in [3.05, 3.63) is 35.1 Å². The van der Waals surface area contributed by atoms with Gasteiger partial charge in [-0.05, 0) is 24.6 Å². The highest BCUT2D eigenvalue weighted by atomic mass is 19.1. The van der Waals surface area contributed by atoms with E-state index in [4.69, 9.17) is 5.73 Å². The third kappa shape index (κ3) is 2.52. The predicted molar refractivity (Wildman–Crippen MR) is 54.1 cm³/mol. The van der Waals surface area contributed by atoms with E-state index in [0.717, 1.165) is 0 Å². The van der Waals surface area contributed by atoms with Crippen LogP contribution in [0.15, 0.2) is 23.4 Å². The molecule has 0 saturated heterocycles. The van der Waals surface area contributed by atoms with Crippen LogP contribution in [-0.2, 0) is 4.84 Å². The predicted octanol–water partition coefficient (Wildman–Crippen LogP) is 1.30. The monoisotopic (exact) mass is 210 g/mol. The fraction of sp³-hybridized carbons (Fsp3) is 0.200. The summed E-state index contributed by atoms with van der Waals surface area (Å²) in [5, 5.41) is 3.67. The summed E-state index contributed by atoms with van der Waals surface area (Å²) in [6, 6.07) is 4.01. The number of halogens is 1. The van der Waals surface area contributed by atoms with Gasteiger partial charge in [0.1, 0.15) is 12.9 Å². The molecule has 0 aromatic heterocycles. The van der Waals surface area contributed by atoms with E-state index in [1.54, 1.807) is 6.92 Å². The van der Waals surface area contributed by atoms with Crippen molar-refractivity contribution in [1.29, 1.82) is 0 Å². The first-order valence-corrected chi connectivity index (χ1v) is 4.23. The van der Waals surface area contributed by atoms with Crippen molar-refractivity contribution < 1.29 is 14.0 Å². The zero-order valence-corrected chi connectivity index (χ0v) is 8.45. The molecule has 0 unspecified atom stereocenters. The van der Waals surface area contributed by atoms with Crippen molar-refractivity contribution in [1.82, 2.24) is 0 Å². The molecule has 1 aromatic rings. The first-order chi connectivity index (χ1) is 7.06. The molecular weight excluding hydrogens is 199 g/mol. The third-order valence-electron chi connectivity index (χ3n) is 1.88. The largest absolute Gasteiger partial charge is 0.399 e. The minimum Gasteiger partial charge on any atom is -0.399 e. The minimum absolute atomic E-state index is 0.154. The fourth-order valence-electron chi connectivity index (χ4n) is 1.13. The summed E-state index contributed by atoms with van der Waals surface area (Å²) in [4.78, 5) is 15.4. The summed E-state index contributed by atoms with van der Waals surface area (Å²) in [5.41, 5.74) is 5.98. The molecule has 0 bridgehead atoms. The summed E-state index contributed by atoms with van der Waals surface area (Å²) in [5.74, 6) is -1.45. The summed E-state index contributed by atoms with van der Waals surface area (Å²) >= 11 is 0. The van der Waals surface area contributed by atoms with E-state index in [-0.39, 0.29) is 5.56 Å². The van der Waals surface area contributed by atoms with Gasteiger partial charge in [-0.1, -0.05) is 11.2 Å². The van der Waals surface area contributed by atoms with Gasteiger partial charge in [-0.3, -0.25) is 4.79 Å². The molecule has 15 heavy (non-hydrogen) atoms. The molecule has 0 aliphatic heterocycles. The molecule has 1 aromatic carbocycles. The second-order valence-corrected chi connectivity index (χ2v) is 2.92. The lowest BCUT2D eigenvalue weighted by molar-refractivity contribution is 0.0996. The third-order valence-corrected chi connectivity index (χ3v) is 1.88. The highest BCUT2D eigenvalue weighted by Crippen LogP contribution is 2.11. The Morgan fingerprint density at radius 3 is 2.73 bits per heavy atom. The van der Waals surface area contributed by atoms with Crippen molar-refractivity contribution in [2.45, 2.75) is 6.92 Å². The molecule has 0 saturated carbocycles. The van der Waals surface area contributed by atoms with Crippen molar-refractivity contribution in [3.63, 3.8) is 0 Å². The molecular formula is C10H11FN2O2. The average molecular weight is 210 g/mol. The first kappa shape index (κ1) is 11.2. The molecule has 4 nitrogen and oxygen atoms in total. The van der Waals surface area contributed by atoms with Gasteiger partial charge >= 0.3 is 0 Å². The number of amides is 1. The highest BCUT2D eigenvalue weighted by Gasteiger charge is 2.10. The van der Waals surface area contributed by atoms with Crippen LogP contribution < -0.4 is 5.73 Å². The molecule has 1 rings (SSSR count). The molecule has 0 fully saturated rings. The molecule has 0 atom stereocenters. The molecule has 2 N–H and O–H groups in total. The maximum absolute atomic E-state index is 13.1. The maximum atomic E-state index is 13.1. The van der Waals surface area contributed by atoms with Crippen LogP contribution in [0, 0.1) is 5.82 Å². The van der Waals surface area contributed by atoms with Crippen LogP contribution in [0.2, 0.25) is 0 Å². The summed E-state index contributed by atoms with van der Waals surface area (Å²) in [7, 11) is 1.40. The number of carbonyl (C=O) groups excluding carboxylic acids is 1. The van der Waals surface area contributed by atoms with E-state index < -0.39 is 11.7 Å². The number of benzene rings is 1. The molecule has 80 valence electrons. The van der Waals surface area contributed by atoms with E-state index in [1.807, 2.05) is 0 Å². The molecule has 0 aliphatic carbocycles. The zero-order chi connectivity index (χ0) is 11.4. The topological polar surface area (TPSA) is 64.7 Å². The van der Waals surface area contributed by atoms with Gasteiger partial charge in [0.25, 0.3) is 5.91 Å². The summed E-state index contributed by atoms with van der Waals surface area (Å²) in [6.45, 7) is 1.68. The van der Waals surface area contributed by atoms with Crippen LogP contribution in [0.4, 0.5) is 4.39 Å². The van der Waals surface area contributed by atoms with Gasteiger partial charge in [0.15, 0.2) is 0 Å². The van der Waals surface area contributed by atoms with Crippen LogP contribution in [0.1, 0.15) is 22.8 Å².